The summed E-state index contributed by atoms with van der Waals surface area (Å²) in [5.41, 5.74) is 0.957. The summed E-state index contributed by atoms with van der Waals surface area (Å²) in [5, 5.41) is -1.77. The van der Waals surface area contributed by atoms with Crippen LogP contribution in [0, 0.1) is 29.1 Å². The molecule has 0 bridgehead atoms. The van der Waals surface area contributed by atoms with Gasteiger partial charge in [0.2, 0.25) is 5.82 Å². The van der Waals surface area contributed by atoms with Gasteiger partial charge in [0, 0.05) is 10.4 Å². The smallest absolute Gasteiger partial charge is 0.200 e. The Morgan fingerprint density at radius 1 is 0.913 bits per heavy atom. The summed E-state index contributed by atoms with van der Waals surface area (Å²) in [7, 11) is -1.57. The summed E-state index contributed by atoms with van der Waals surface area (Å²) in [4.78, 5) is -0.689. The third kappa shape index (κ3) is 3.06. The van der Waals surface area contributed by atoms with Crippen LogP contribution < -0.4 is 0 Å². The largest absolute Gasteiger partial charge is 0.202 e. The van der Waals surface area contributed by atoms with Crippen molar-refractivity contribution in [1.29, 1.82) is 0 Å². The topological polar surface area (TPSA) is 0 Å². The van der Waals surface area contributed by atoms with Gasteiger partial charge in [-0.25, -0.2) is 22.0 Å². The molecule has 2 aromatic rings. The highest BCUT2D eigenvalue weighted by Gasteiger charge is 2.36. The molecule has 0 saturated carbocycles. The first-order valence-electron chi connectivity index (χ1n) is 6.46. The highest BCUT2D eigenvalue weighted by molar-refractivity contribution is 9.00. The number of thiol groups is 1. The van der Waals surface area contributed by atoms with E-state index >= 15 is 0 Å². The lowest BCUT2D eigenvalue weighted by molar-refractivity contribution is 0.360. The van der Waals surface area contributed by atoms with Gasteiger partial charge in [0.25, 0.3) is 0 Å². The van der Waals surface area contributed by atoms with E-state index in [9.17, 15) is 22.0 Å². The first-order valence-corrected chi connectivity index (χ1v) is 13.1. The van der Waals surface area contributed by atoms with E-state index in [-0.39, 0.29) is 5.25 Å². The van der Waals surface area contributed by atoms with E-state index in [0.29, 0.717) is 5.75 Å². The Labute approximate surface area is 141 Å². The fraction of sp³-hybridized carbons (Fsp3) is 0.143. The third-order valence-electron chi connectivity index (χ3n) is 3.44. The molecular formula is C14H10F5PS3. The van der Waals surface area contributed by atoms with Gasteiger partial charge in [-0.05, 0) is 11.3 Å². The summed E-state index contributed by atoms with van der Waals surface area (Å²) in [6.07, 6.45) is 0. The van der Waals surface area contributed by atoms with E-state index in [0.717, 1.165) is 5.56 Å². The first-order chi connectivity index (χ1) is 10.9. The maximum Gasteiger partial charge on any atom is 0.200 e. The Morgan fingerprint density at radius 2 is 1.43 bits per heavy atom. The highest BCUT2D eigenvalue weighted by atomic mass is 33.2. The Balaban J connectivity index is 2.02. The number of halogens is 5. The molecule has 0 nitrogen and oxygen atoms in total. The lowest BCUT2D eigenvalue weighted by Crippen LogP contribution is -2.05. The van der Waals surface area contributed by atoms with E-state index in [2.05, 4.69) is 0 Å². The minimum atomic E-state index is -2.12. The molecule has 124 valence electrons. The summed E-state index contributed by atoms with van der Waals surface area (Å²) in [5.74, 6) is -9.02. The van der Waals surface area contributed by atoms with E-state index in [4.69, 9.17) is 11.8 Å². The molecule has 1 heterocycles. The van der Waals surface area contributed by atoms with Gasteiger partial charge in [-0.1, -0.05) is 42.1 Å². The molecule has 2 aromatic carbocycles. The van der Waals surface area contributed by atoms with Gasteiger partial charge >= 0.3 is 0 Å². The molecule has 0 radical (unpaired) electrons. The van der Waals surface area contributed by atoms with E-state index in [1.807, 2.05) is 30.3 Å². The molecule has 2 unspecified atom stereocenters. The second kappa shape index (κ2) is 6.75. The molecule has 0 N–H and O–H groups in total. The zero-order valence-corrected chi connectivity index (χ0v) is 14.9. The van der Waals surface area contributed by atoms with Crippen LogP contribution >= 0.6 is 27.0 Å². The number of hydrogen-bond donors (Lipinski definition) is 1. The molecule has 0 aromatic heterocycles. The van der Waals surface area contributed by atoms with Gasteiger partial charge in [-0.15, -0.1) is 11.4 Å². The molecule has 1 aliphatic heterocycles. The van der Waals surface area contributed by atoms with Gasteiger partial charge in [0.1, 0.15) is 0 Å². The third-order valence-corrected chi connectivity index (χ3v) is 16.5. The van der Waals surface area contributed by atoms with Crippen molar-refractivity contribution < 1.29 is 22.0 Å². The SMILES string of the molecule is Fc1c(F)c(F)c([SH]2C[C@@H](c3ccccc3)S[PH]2=S)c(F)c1F. The average Bonchev–Trinajstić information content (AvgIpc) is 2.94. The summed E-state index contributed by atoms with van der Waals surface area (Å²) in [6.45, 7) is 0. The van der Waals surface area contributed by atoms with E-state index in [1.165, 1.54) is 11.4 Å². The maximum absolute atomic E-state index is 14.0. The molecule has 0 amide bonds. The summed E-state index contributed by atoms with van der Waals surface area (Å²) >= 11 is 6.77. The van der Waals surface area contributed by atoms with Crippen molar-refractivity contribution in [1.82, 2.24) is 0 Å². The predicted octanol–water partition coefficient (Wildman–Crippen LogP) is 5.74. The minimum Gasteiger partial charge on any atom is -0.202 e. The van der Waals surface area contributed by atoms with Crippen LogP contribution in [0.3, 0.4) is 0 Å². The molecule has 1 aliphatic rings. The van der Waals surface area contributed by atoms with Gasteiger partial charge in [0.05, 0.1) is 4.90 Å². The van der Waals surface area contributed by atoms with Crippen molar-refractivity contribution in [3.8, 4) is 0 Å². The van der Waals surface area contributed by atoms with Gasteiger partial charge in [-0.3, -0.25) is 0 Å². The number of benzene rings is 2. The zero-order chi connectivity index (χ0) is 16.7. The van der Waals surface area contributed by atoms with Crippen molar-refractivity contribution in [2.24, 2.45) is 0 Å². The van der Waals surface area contributed by atoms with Crippen LogP contribution in [0.2, 0.25) is 0 Å². The van der Waals surface area contributed by atoms with Crippen LogP contribution in [0.15, 0.2) is 35.2 Å². The Bertz CT molecular complexity index is 755. The van der Waals surface area contributed by atoms with Crippen LogP contribution in [-0.4, -0.2) is 5.75 Å². The van der Waals surface area contributed by atoms with Gasteiger partial charge in [0.15, 0.2) is 23.3 Å². The predicted molar refractivity (Wildman–Crippen MR) is 90.8 cm³/mol. The molecule has 1 saturated heterocycles. The van der Waals surface area contributed by atoms with Gasteiger partial charge in [-0.2, -0.15) is 10.5 Å². The lowest BCUT2D eigenvalue weighted by Gasteiger charge is -2.18. The van der Waals surface area contributed by atoms with Gasteiger partial charge < -0.3 is 0 Å². The highest BCUT2D eigenvalue weighted by Crippen LogP contribution is 2.77. The Morgan fingerprint density at radius 3 is 2.00 bits per heavy atom. The molecule has 0 spiro atoms. The van der Waals surface area contributed by atoms with Crippen LogP contribution in [0.1, 0.15) is 10.8 Å². The molecule has 9 heteroatoms. The maximum atomic E-state index is 14.0. The van der Waals surface area contributed by atoms with Crippen molar-refractivity contribution in [2.75, 3.05) is 5.75 Å². The van der Waals surface area contributed by atoms with Crippen LogP contribution in [0.5, 0.6) is 0 Å². The van der Waals surface area contributed by atoms with Crippen molar-refractivity contribution in [3.63, 3.8) is 0 Å². The average molecular weight is 400 g/mol. The van der Waals surface area contributed by atoms with Crippen molar-refractivity contribution >= 4 is 38.8 Å². The molecule has 3 rings (SSSR count). The van der Waals surface area contributed by atoms with E-state index in [1.54, 1.807) is 0 Å². The molecular weight excluding hydrogens is 390 g/mol. The second-order valence-electron chi connectivity index (χ2n) is 4.81. The Hall–Kier alpha value is -0.560. The molecule has 3 atom stereocenters. The fourth-order valence-electron chi connectivity index (χ4n) is 2.32. The van der Waals surface area contributed by atoms with Crippen LogP contribution in [0.25, 0.3) is 0 Å². The van der Waals surface area contributed by atoms with Crippen molar-refractivity contribution in [3.05, 3.63) is 65.0 Å². The lowest BCUT2D eigenvalue weighted by atomic mass is 10.2. The molecule has 1 fully saturated rings. The monoisotopic (exact) mass is 400 g/mol. The molecule has 0 aliphatic carbocycles. The first kappa shape index (κ1) is 17.3. The standard InChI is InChI=1S/C14H10F5PS3/c15-9-10(16)12(18)14(13(19)11(9)17)23-6-8(22-20(23)21)7-4-2-1-3-5-7/h1-5,8,20,23H,6H2/t8-/m0/s1. The number of hydrogen-bond acceptors (Lipinski definition) is 2. The quantitative estimate of drug-likeness (QED) is 0.225. The number of rotatable bonds is 2. The van der Waals surface area contributed by atoms with Crippen molar-refractivity contribution in [2.45, 2.75) is 10.1 Å². The second-order valence-corrected chi connectivity index (χ2v) is 16.5. The normalized spacial score (nSPS) is 25.7. The van der Waals surface area contributed by atoms with E-state index < -0.39 is 49.6 Å². The summed E-state index contributed by atoms with van der Waals surface area (Å²) in [6, 6.07) is 9.27. The molecule has 23 heavy (non-hydrogen) atoms. The van der Waals surface area contributed by atoms with Crippen LogP contribution in [0.4, 0.5) is 22.0 Å². The fourth-order valence-corrected chi connectivity index (χ4v) is 16.5. The van der Waals surface area contributed by atoms with Crippen LogP contribution in [-0.2, 0) is 11.8 Å². The minimum absolute atomic E-state index is 0.0660. The Kier molecular flexibility index (Phi) is 5.06. The zero-order valence-electron chi connectivity index (χ0n) is 11.3. The summed E-state index contributed by atoms with van der Waals surface area (Å²) < 4.78 is 68.1.